The van der Waals surface area contributed by atoms with Gasteiger partial charge < -0.3 is 16.2 Å². The van der Waals surface area contributed by atoms with Crippen LogP contribution in [-0.4, -0.2) is 16.1 Å². The molecule has 0 spiro atoms. The number of anilines is 2. The van der Waals surface area contributed by atoms with Crippen LogP contribution in [0.4, 0.5) is 15.8 Å². The number of halogens is 1. The molecule has 1 atom stereocenters. The van der Waals surface area contributed by atoms with Crippen molar-refractivity contribution in [2.24, 2.45) is 0 Å². The predicted octanol–water partition coefficient (Wildman–Crippen LogP) is 2.74. The van der Waals surface area contributed by atoms with E-state index in [1.54, 1.807) is 6.20 Å². The molecule has 0 aliphatic rings. The number of carboxylic acid groups (broad SMARTS) is 1. The average Bonchev–Trinajstić information content (AvgIpc) is 2.85. The lowest BCUT2D eigenvalue weighted by Crippen LogP contribution is -2.10. The van der Waals surface area contributed by atoms with E-state index in [1.807, 2.05) is 12.3 Å². The van der Waals surface area contributed by atoms with Crippen LogP contribution in [-0.2, 0) is 0 Å². The minimum Gasteiger partial charge on any atom is -0.478 e. The fourth-order valence-electron chi connectivity index (χ4n) is 1.63. The molecule has 0 aliphatic heterocycles. The molecule has 0 bridgehead atoms. The van der Waals surface area contributed by atoms with Crippen molar-refractivity contribution in [2.75, 3.05) is 11.1 Å². The molecule has 100 valence electrons. The average molecular weight is 281 g/mol. The summed E-state index contributed by atoms with van der Waals surface area (Å²) < 4.78 is 13.7. The Morgan fingerprint density at radius 3 is 2.89 bits per heavy atom. The molecule has 2 aromatic rings. The number of carboxylic acids is 1. The molecule has 0 saturated carbocycles. The largest absolute Gasteiger partial charge is 0.478 e. The summed E-state index contributed by atoms with van der Waals surface area (Å²) in [7, 11) is 0. The van der Waals surface area contributed by atoms with Gasteiger partial charge in [0.1, 0.15) is 10.8 Å². The van der Waals surface area contributed by atoms with E-state index in [9.17, 15) is 9.18 Å². The summed E-state index contributed by atoms with van der Waals surface area (Å²) in [5, 5.41) is 14.4. The van der Waals surface area contributed by atoms with Gasteiger partial charge in [-0.15, -0.1) is 11.3 Å². The summed E-state index contributed by atoms with van der Waals surface area (Å²) in [5.41, 5.74) is 5.32. The van der Waals surface area contributed by atoms with Crippen molar-refractivity contribution in [3.05, 3.63) is 40.1 Å². The van der Waals surface area contributed by atoms with Crippen LogP contribution in [0.2, 0.25) is 0 Å². The summed E-state index contributed by atoms with van der Waals surface area (Å²) in [4.78, 5) is 15.1. The summed E-state index contributed by atoms with van der Waals surface area (Å²) in [6.07, 6.45) is 1.65. The molecule has 1 unspecified atom stereocenters. The SMILES string of the molecule is CC(Nc1cc(C(=O)O)c(N)cc1F)c1nccs1. The van der Waals surface area contributed by atoms with E-state index in [-0.39, 0.29) is 23.0 Å². The first kappa shape index (κ1) is 13.3. The number of nitrogen functional groups attached to an aromatic ring is 1. The van der Waals surface area contributed by atoms with Crippen LogP contribution in [0.25, 0.3) is 0 Å². The van der Waals surface area contributed by atoms with Crippen molar-refractivity contribution in [1.82, 2.24) is 4.98 Å². The Labute approximate surface area is 112 Å². The zero-order chi connectivity index (χ0) is 14.0. The van der Waals surface area contributed by atoms with Gasteiger partial charge in [0.05, 0.1) is 17.3 Å². The van der Waals surface area contributed by atoms with Crippen LogP contribution in [0.5, 0.6) is 0 Å². The molecule has 1 aromatic heterocycles. The first-order valence-corrected chi connectivity index (χ1v) is 6.35. The van der Waals surface area contributed by atoms with E-state index in [0.29, 0.717) is 0 Å². The number of rotatable bonds is 4. The summed E-state index contributed by atoms with van der Waals surface area (Å²) in [5.74, 6) is -1.78. The maximum atomic E-state index is 13.7. The maximum absolute atomic E-state index is 13.7. The summed E-state index contributed by atoms with van der Waals surface area (Å²) >= 11 is 1.43. The smallest absolute Gasteiger partial charge is 0.337 e. The third-order valence-electron chi connectivity index (χ3n) is 2.56. The summed E-state index contributed by atoms with van der Waals surface area (Å²) in [6.45, 7) is 1.81. The van der Waals surface area contributed by atoms with Crippen LogP contribution >= 0.6 is 11.3 Å². The Morgan fingerprint density at radius 1 is 1.58 bits per heavy atom. The highest BCUT2D eigenvalue weighted by Gasteiger charge is 2.16. The molecule has 1 heterocycles. The van der Waals surface area contributed by atoms with E-state index in [2.05, 4.69) is 10.3 Å². The Kier molecular flexibility index (Phi) is 3.66. The molecule has 7 heteroatoms. The monoisotopic (exact) mass is 281 g/mol. The number of benzene rings is 1. The lowest BCUT2D eigenvalue weighted by Gasteiger charge is -2.14. The number of thiazole rings is 1. The van der Waals surface area contributed by atoms with Gasteiger partial charge >= 0.3 is 5.97 Å². The van der Waals surface area contributed by atoms with Crippen molar-refractivity contribution >= 4 is 28.7 Å². The van der Waals surface area contributed by atoms with Gasteiger partial charge in [-0.25, -0.2) is 14.2 Å². The Bertz CT molecular complexity index is 601. The quantitative estimate of drug-likeness (QED) is 0.750. The highest BCUT2D eigenvalue weighted by atomic mass is 32.1. The normalized spacial score (nSPS) is 12.1. The Hall–Kier alpha value is -2.15. The van der Waals surface area contributed by atoms with Gasteiger partial charge in [0.25, 0.3) is 0 Å². The zero-order valence-electron chi connectivity index (χ0n) is 10.1. The minimum absolute atomic E-state index is 0.0919. The van der Waals surface area contributed by atoms with Crippen LogP contribution in [0.1, 0.15) is 28.3 Å². The molecular formula is C12H12FN3O2S. The fourth-order valence-corrected chi connectivity index (χ4v) is 2.27. The number of hydrogen-bond donors (Lipinski definition) is 3. The Morgan fingerprint density at radius 2 is 2.32 bits per heavy atom. The molecular weight excluding hydrogens is 269 g/mol. The van der Waals surface area contributed by atoms with Crippen LogP contribution in [0, 0.1) is 5.82 Å². The van der Waals surface area contributed by atoms with Gasteiger partial charge in [-0.3, -0.25) is 0 Å². The molecule has 1 aromatic carbocycles. The number of aromatic carboxylic acids is 1. The third kappa shape index (κ3) is 2.82. The molecule has 0 radical (unpaired) electrons. The number of carbonyl (C=O) groups is 1. The summed E-state index contributed by atoms with van der Waals surface area (Å²) in [6, 6.07) is 1.97. The van der Waals surface area contributed by atoms with Gasteiger partial charge in [-0.2, -0.15) is 0 Å². The molecule has 0 fully saturated rings. The van der Waals surface area contributed by atoms with Gasteiger partial charge in [-0.05, 0) is 19.1 Å². The van der Waals surface area contributed by atoms with Crippen LogP contribution in [0.15, 0.2) is 23.7 Å². The fraction of sp³-hybridized carbons (Fsp3) is 0.167. The van der Waals surface area contributed by atoms with E-state index in [4.69, 9.17) is 10.8 Å². The van der Waals surface area contributed by atoms with Crippen LogP contribution in [0.3, 0.4) is 0 Å². The first-order chi connectivity index (χ1) is 8.99. The lowest BCUT2D eigenvalue weighted by molar-refractivity contribution is 0.0698. The maximum Gasteiger partial charge on any atom is 0.337 e. The molecule has 0 amide bonds. The highest BCUT2D eigenvalue weighted by molar-refractivity contribution is 7.09. The van der Waals surface area contributed by atoms with Gasteiger partial charge in [-0.1, -0.05) is 0 Å². The van der Waals surface area contributed by atoms with E-state index >= 15 is 0 Å². The van der Waals surface area contributed by atoms with Crippen molar-refractivity contribution < 1.29 is 14.3 Å². The molecule has 0 saturated heterocycles. The third-order valence-corrected chi connectivity index (χ3v) is 3.52. The van der Waals surface area contributed by atoms with Crippen LogP contribution < -0.4 is 11.1 Å². The second kappa shape index (κ2) is 5.23. The molecule has 2 rings (SSSR count). The van der Waals surface area contributed by atoms with Crippen molar-refractivity contribution in [3.8, 4) is 0 Å². The molecule has 0 aliphatic carbocycles. The zero-order valence-corrected chi connectivity index (χ0v) is 10.9. The highest BCUT2D eigenvalue weighted by Crippen LogP contribution is 2.26. The number of nitrogens with one attached hydrogen (secondary N) is 1. The van der Waals surface area contributed by atoms with Crippen molar-refractivity contribution in [3.63, 3.8) is 0 Å². The van der Waals surface area contributed by atoms with Crippen molar-refractivity contribution in [2.45, 2.75) is 13.0 Å². The standard InChI is InChI=1S/C12H12FN3O2S/c1-6(11-15-2-3-19-11)16-10-4-7(12(17)18)9(14)5-8(10)13/h2-6,16H,14H2,1H3,(H,17,18). The van der Waals surface area contributed by atoms with Gasteiger partial charge in [0.15, 0.2) is 0 Å². The van der Waals surface area contributed by atoms with Crippen molar-refractivity contribution in [1.29, 1.82) is 0 Å². The Balaban J connectivity index is 2.30. The molecule has 5 nitrogen and oxygen atoms in total. The second-order valence-corrected chi connectivity index (χ2v) is 4.89. The molecule has 19 heavy (non-hydrogen) atoms. The number of nitrogens with two attached hydrogens (primary N) is 1. The van der Waals surface area contributed by atoms with Gasteiger partial charge in [0, 0.05) is 17.3 Å². The number of nitrogens with zero attached hydrogens (tertiary/aromatic N) is 1. The number of aromatic nitrogens is 1. The molecule has 4 N–H and O–H groups in total. The van der Waals surface area contributed by atoms with E-state index < -0.39 is 11.8 Å². The predicted molar refractivity (Wildman–Crippen MR) is 71.9 cm³/mol. The number of hydrogen-bond acceptors (Lipinski definition) is 5. The van der Waals surface area contributed by atoms with E-state index in [0.717, 1.165) is 11.1 Å². The first-order valence-electron chi connectivity index (χ1n) is 5.47. The topological polar surface area (TPSA) is 88.2 Å². The van der Waals surface area contributed by atoms with E-state index in [1.165, 1.54) is 17.4 Å². The van der Waals surface area contributed by atoms with Gasteiger partial charge in [0.2, 0.25) is 0 Å². The minimum atomic E-state index is -1.19. The second-order valence-electron chi connectivity index (χ2n) is 3.96. The lowest BCUT2D eigenvalue weighted by atomic mass is 10.1.